The summed E-state index contributed by atoms with van der Waals surface area (Å²) in [6.45, 7) is -0.0195. The summed E-state index contributed by atoms with van der Waals surface area (Å²) < 4.78 is 5.28. The number of hydrogen-bond acceptors (Lipinski definition) is 5. The van der Waals surface area contributed by atoms with Crippen molar-refractivity contribution in [3.63, 3.8) is 0 Å². The first-order valence-corrected chi connectivity index (χ1v) is 6.95. The summed E-state index contributed by atoms with van der Waals surface area (Å²) in [4.78, 5) is 0. The standard InChI is InChI=1S/C15H22O5/c16-11(7-6-10-4-2-1-3-5-10)8-13-15(19)14(18)12(17)9-20-13/h1-5,11-19H,6-9H2. The minimum Gasteiger partial charge on any atom is -0.393 e. The molecule has 0 radical (unpaired) electrons. The van der Waals surface area contributed by atoms with Crippen molar-refractivity contribution in [1.29, 1.82) is 0 Å². The van der Waals surface area contributed by atoms with Gasteiger partial charge in [-0.3, -0.25) is 0 Å². The number of aryl methyl sites for hydroxylation is 1. The van der Waals surface area contributed by atoms with Crippen molar-refractivity contribution in [1.82, 2.24) is 0 Å². The highest BCUT2D eigenvalue weighted by Crippen LogP contribution is 2.20. The molecule has 1 aliphatic rings. The molecule has 1 fully saturated rings. The van der Waals surface area contributed by atoms with Gasteiger partial charge in [0.25, 0.3) is 0 Å². The summed E-state index contributed by atoms with van der Waals surface area (Å²) in [6.07, 6.45) is -3.14. The second-order valence-corrected chi connectivity index (χ2v) is 5.33. The Kier molecular flexibility index (Phi) is 5.51. The van der Waals surface area contributed by atoms with E-state index in [0.717, 1.165) is 12.0 Å². The lowest BCUT2D eigenvalue weighted by Gasteiger charge is -2.36. The Morgan fingerprint density at radius 3 is 2.50 bits per heavy atom. The maximum Gasteiger partial charge on any atom is 0.111 e. The number of ether oxygens (including phenoxy) is 1. The summed E-state index contributed by atoms with van der Waals surface area (Å²) in [5.74, 6) is 0. The Labute approximate surface area is 118 Å². The summed E-state index contributed by atoms with van der Waals surface area (Å²) in [7, 11) is 0. The van der Waals surface area contributed by atoms with Crippen LogP contribution in [0, 0.1) is 0 Å². The third-order valence-corrected chi connectivity index (χ3v) is 3.72. The maximum atomic E-state index is 10.00. The smallest absolute Gasteiger partial charge is 0.111 e. The molecule has 0 aromatic heterocycles. The topological polar surface area (TPSA) is 90.2 Å². The van der Waals surface area contributed by atoms with Crippen molar-refractivity contribution in [2.75, 3.05) is 6.61 Å². The van der Waals surface area contributed by atoms with E-state index >= 15 is 0 Å². The molecule has 20 heavy (non-hydrogen) atoms. The minimum atomic E-state index is -1.21. The lowest BCUT2D eigenvalue weighted by atomic mass is 9.94. The lowest BCUT2D eigenvalue weighted by molar-refractivity contribution is -0.193. The van der Waals surface area contributed by atoms with E-state index in [9.17, 15) is 20.4 Å². The molecular formula is C15H22O5. The van der Waals surface area contributed by atoms with Crippen LogP contribution >= 0.6 is 0 Å². The van der Waals surface area contributed by atoms with Crippen LogP contribution in [0.5, 0.6) is 0 Å². The molecule has 0 spiro atoms. The van der Waals surface area contributed by atoms with Gasteiger partial charge in [0.15, 0.2) is 0 Å². The van der Waals surface area contributed by atoms with Crippen LogP contribution in [0.3, 0.4) is 0 Å². The Balaban J connectivity index is 1.78. The van der Waals surface area contributed by atoms with E-state index in [2.05, 4.69) is 0 Å². The maximum absolute atomic E-state index is 10.00. The third-order valence-electron chi connectivity index (χ3n) is 3.72. The van der Waals surface area contributed by atoms with Crippen LogP contribution < -0.4 is 0 Å². The van der Waals surface area contributed by atoms with Gasteiger partial charge in [-0.05, 0) is 18.4 Å². The van der Waals surface area contributed by atoms with Crippen molar-refractivity contribution >= 4 is 0 Å². The van der Waals surface area contributed by atoms with Crippen molar-refractivity contribution in [2.24, 2.45) is 0 Å². The molecule has 1 saturated heterocycles. The van der Waals surface area contributed by atoms with E-state index in [1.54, 1.807) is 0 Å². The average molecular weight is 282 g/mol. The van der Waals surface area contributed by atoms with Crippen LogP contribution in [0.25, 0.3) is 0 Å². The molecule has 1 aromatic rings. The summed E-state index contributed by atoms with van der Waals surface area (Å²) in [5.41, 5.74) is 1.15. The molecule has 5 nitrogen and oxygen atoms in total. The molecule has 112 valence electrons. The van der Waals surface area contributed by atoms with Crippen LogP contribution in [0.4, 0.5) is 0 Å². The first-order chi connectivity index (χ1) is 9.58. The molecule has 1 heterocycles. The van der Waals surface area contributed by atoms with E-state index < -0.39 is 30.5 Å². The highest BCUT2D eigenvalue weighted by Gasteiger charge is 2.38. The molecule has 5 atom stereocenters. The van der Waals surface area contributed by atoms with Gasteiger partial charge in [0, 0.05) is 6.42 Å². The second kappa shape index (κ2) is 7.15. The molecular weight excluding hydrogens is 260 g/mol. The number of aliphatic hydroxyl groups excluding tert-OH is 4. The van der Waals surface area contributed by atoms with Crippen molar-refractivity contribution in [3.05, 3.63) is 35.9 Å². The van der Waals surface area contributed by atoms with Crippen LogP contribution in [0.1, 0.15) is 18.4 Å². The van der Waals surface area contributed by atoms with Gasteiger partial charge in [0.2, 0.25) is 0 Å². The van der Waals surface area contributed by atoms with Gasteiger partial charge >= 0.3 is 0 Å². The number of aliphatic hydroxyl groups is 4. The highest BCUT2D eigenvalue weighted by atomic mass is 16.5. The minimum absolute atomic E-state index is 0.0195. The van der Waals surface area contributed by atoms with E-state index in [1.807, 2.05) is 30.3 Å². The first-order valence-electron chi connectivity index (χ1n) is 6.95. The molecule has 0 bridgehead atoms. The van der Waals surface area contributed by atoms with Gasteiger partial charge in [-0.15, -0.1) is 0 Å². The van der Waals surface area contributed by atoms with Gasteiger partial charge in [-0.25, -0.2) is 0 Å². The van der Waals surface area contributed by atoms with Gasteiger partial charge in [0.05, 0.1) is 18.8 Å². The number of rotatable bonds is 5. The third kappa shape index (κ3) is 4.01. The van der Waals surface area contributed by atoms with Crippen molar-refractivity contribution in [2.45, 2.75) is 49.8 Å². The second-order valence-electron chi connectivity index (χ2n) is 5.33. The average Bonchev–Trinajstić information content (AvgIpc) is 2.47. The van der Waals surface area contributed by atoms with E-state index in [1.165, 1.54) is 0 Å². The zero-order valence-corrected chi connectivity index (χ0v) is 11.3. The van der Waals surface area contributed by atoms with Gasteiger partial charge in [-0.1, -0.05) is 30.3 Å². The molecule has 0 amide bonds. The summed E-state index contributed by atoms with van der Waals surface area (Å²) >= 11 is 0. The van der Waals surface area contributed by atoms with Gasteiger partial charge in [0.1, 0.15) is 18.3 Å². The normalized spacial score (nSPS) is 32.0. The largest absolute Gasteiger partial charge is 0.393 e. The van der Waals surface area contributed by atoms with Gasteiger partial charge < -0.3 is 25.2 Å². The fourth-order valence-corrected chi connectivity index (χ4v) is 2.44. The molecule has 0 aliphatic carbocycles. The van der Waals surface area contributed by atoms with Crippen LogP contribution in [0.15, 0.2) is 30.3 Å². The number of hydrogen-bond donors (Lipinski definition) is 4. The van der Waals surface area contributed by atoms with Crippen molar-refractivity contribution in [3.8, 4) is 0 Å². The monoisotopic (exact) mass is 282 g/mol. The Morgan fingerprint density at radius 1 is 1.10 bits per heavy atom. The van der Waals surface area contributed by atoms with E-state index in [4.69, 9.17) is 4.74 Å². The number of benzene rings is 1. The molecule has 5 heteroatoms. The molecule has 1 aliphatic heterocycles. The zero-order valence-electron chi connectivity index (χ0n) is 11.3. The molecule has 0 saturated carbocycles. The first kappa shape index (κ1) is 15.4. The molecule has 1 aromatic carbocycles. The fraction of sp³-hybridized carbons (Fsp3) is 0.600. The van der Waals surface area contributed by atoms with Gasteiger partial charge in [-0.2, -0.15) is 0 Å². The zero-order chi connectivity index (χ0) is 14.5. The predicted molar refractivity (Wildman–Crippen MR) is 73.1 cm³/mol. The Bertz CT molecular complexity index is 397. The molecule has 4 N–H and O–H groups in total. The quantitative estimate of drug-likeness (QED) is 0.603. The van der Waals surface area contributed by atoms with Crippen LogP contribution in [-0.2, 0) is 11.2 Å². The fourth-order valence-electron chi connectivity index (χ4n) is 2.44. The van der Waals surface area contributed by atoms with Crippen LogP contribution in [0.2, 0.25) is 0 Å². The van der Waals surface area contributed by atoms with Crippen molar-refractivity contribution < 1.29 is 25.2 Å². The van der Waals surface area contributed by atoms with E-state index in [0.29, 0.717) is 6.42 Å². The molecule has 5 unspecified atom stereocenters. The van der Waals surface area contributed by atoms with E-state index in [-0.39, 0.29) is 13.0 Å². The summed E-state index contributed by atoms with van der Waals surface area (Å²) in [6, 6.07) is 9.84. The van der Waals surface area contributed by atoms with Crippen LogP contribution in [-0.4, -0.2) is 57.6 Å². The Morgan fingerprint density at radius 2 is 1.80 bits per heavy atom. The lowest BCUT2D eigenvalue weighted by Crippen LogP contribution is -2.53. The SMILES string of the molecule is OC(CCc1ccccc1)CC1OCC(O)C(O)C1O. The highest BCUT2D eigenvalue weighted by molar-refractivity contribution is 5.14. The predicted octanol–water partition coefficient (Wildman–Crippen LogP) is -0.148. The summed E-state index contributed by atoms with van der Waals surface area (Å²) in [5, 5.41) is 38.7. The Hall–Kier alpha value is -0.980. The molecule has 2 rings (SSSR count).